The minimum absolute atomic E-state index is 0.0709. The molecule has 0 saturated carbocycles. The van der Waals surface area contributed by atoms with Crippen molar-refractivity contribution >= 4 is 5.97 Å². The molecule has 21 heavy (non-hydrogen) atoms. The van der Waals surface area contributed by atoms with Gasteiger partial charge < -0.3 is 9.47 Å². The first-order valence-corrected chi connectivity index (χ1v) is 7.55. The summed E-state index contributed by atoms with van der Waals surface area (Å²) in [4.78, 5) is 12.0. The number of aryl methyl sites for hydroxylation is 2. The highest BCUT2D eigenvalue weighted by molar-refractivity contribution is 5.72. The van der Waals surface area contributed by atoms with E-state index in [0.717, 1.165) is 22.4 Å². The molecule has 0 spiro atoms. The third kappa shape index (κ3) is 4.48. The van der Waals surface area contributed by atoms with Crippen molar-refractivity contribution in [3.8, 4) is 5.75 Å². The maximum Gasteiger partial charge on any atom is 0.309 e. The first kappa shape index (κ1) is 17.5. The van der Waals surface area contributed by atoms with Crippen molar-refractivity contribution in [2.45, 2.75) is 67.1 Å². The Morgan fingerprint density at radius 1 is 1.10 bits per heavy atom. The van der Waals surface area contributed by atoms with Gasteiger partial charge in [-0.15, -0.1) is 0 Å². The molecule has 0 unspecified atom stereocenters. The highest BCUT2D eigenvalue weighted by Crippen LogP contribution is 2.37. The van der Waals surface area contributed by atoms with Crippen molar-refractivity contribution in [2.24, 2.45) is 5.92 Å². The largest absolute Gasteiger partial charge is 0.491 e. The second kappa shape index (κ2) is 6.50. The molecule has 1 aromatic carbocycles. The molecule has 0 heterocycles. The van der Waals surface area contributed by atoms with Crippen molar-refractivity contribution in [1.82, 2.24) is 0 Å². The summed E-state index contributed by atoms with van der Waals surface area (Å²) < 4.78 is 11.7. The molecular formula is C18H28O3. The predicted molar refractivity (Wildman–Crippen MR) is 85.6 cm³/mol. The lowest BCUT2D eigenvalue weighted by molar-refractivity contribution is -0.161. The van der Waals surface area contributed by atoms with Gasteiger partial charge in [-0.3, -0.25) is 4.79 Å². The van der Waals surface area contributed by atoms with Gasteiger partial charge in [0.15, 0.2) is 0 Å². The molecule has 0 atom stereocenters. The third-order valence-electron chi connectivity index (χ3n) is 3.24. The summed E-state index contributed by atoms with van der Waals surface area (Å²) in [6.07, 6.45) is 0.0709. The SMILES string of the molecule is Cc1cc(C)c(C(C)(C)OC(=O)C(C)C)c(OC(C)C)c1. The number of hydrogen-bond acceptors (Lipinski definition) is 3. The van der Waals surface area contributed by atoms with Crippen LogP contribution in [0.25, 0.3) is 0 Å². The van der Waals surface area contributed by atoms with E-state index in [1.165, 1.54) is 0 Å². The van der Waals surface area contributed by atoms with E-state index in [0.29, 0.717) is 0 Å². The highest BCUT2D eigenvalue weighted by Gasteiger charge is 2.32. The first-order valence-electron chi connectivity index (χ1n) is 7.55. The van der Waals surface area contributed by atoms with Crippen LogP contribution in [0.15, 0.2) is 12.1 Å². The maximum atomic E-state index is 12.0. The fraction of sp³-hybridized carbons (Fsp3) is 0.611. The molecule has 0 N–H and O–H groups in total. The lowest BCUT2D eigenvalue weighted by atomic mass is 9.91. The van der Waals surface area contributed by atoms with Gasteiger partial charge in [-0.05, 0) is 58.7 Å². The Bertz CT molecular complexity index is 513. The van der Waals surface area contributed by atoms with Crippen LogP contribution in [0.5, 0.6) is 5.75 Å². The van der Waals surface area contributed by atoms with Gasteiger partial charge in [0.1, 0.15) is 11.4 Å². The molecule has 0 aliphatic rings. The number of rotatable bonds is 5. The molecule has 0 radical (unpaired) electrons. The van der Waals surface area contributed by atoms with Crippen LogP contribution in [0.3, 0.4) is 0 Å². The Labute approximate surface area is 128 Å². The summed E-state index contributed by atoms with van der Waals surface area (Å²) in [6.45, 7) is 15.6. The fourth-order valence-electron chi connectivity index (χ4n) is 2.47. The second-order valence-electron chi connectivity index (χ2n) is 6.71. The number of esters is 1. The van der Waals surface area contributed by atoms with Crippen molar-refractivity contribution in [3.63, 3.8) is 0 Å². The molecule has 1 rings (SSSR count). The van der Waals surface area contributed by atoms with Crippen LogP contribution < -0.4 is 4.74 Å². The zero-order valence-electron chi connectivity index (χ0n) is 14.5. The van der Waals surface area contributed by atoms with E-state index in [2.05, 4.69) is 6.07 Å². The Morgan fingerprint density at radius 3 is 2.14 bits per heavy atom. The number of carbonyl (C=O) groups is 1. The highest BCUT2D eigenvalue weighted by atomic mass is 16.6. The lowest BCUT2D eigenvalue weighted by Crippen LogP contribution is -2.30. The molecule has 3 nitrogen and oxygen atoms in total. The number of hydrogen-bond donors (Lipinski definition) is 0. The van der Waals surface area contributed by atoms with Crippen LogP contribution in [0, 0.1) is 19.8 Å². The summed E-state index contributed by atoms with van der Waals surface area (Å²) in [7, 11) is 0. The molecule has 0 aliphatic carbocycles. The summed E-state index contributed by atoms with van der Waals surface area (Å²) >= 11 is 0. The first-order chi connectivity index (χ1) is 9.54. The molecule has 0 aromatic heterocycles. The molecule has 118 valence electrons. The van der Waals surface area contributed by atoms with Crippen molar-refractivity contribution in [1.29, 1.82) is 0 Å². The Hall–Kier alpha value is -1.51. The normalized spacial score (nSPS) is 11.9. The molecule has 0 saturated heterocycles. The van der Waals surface area contributed by atoms with Crippen molar-refractivity contribution < 1.29 is 14.3 Å². The number of benzene rings is 1. The minimum atomic E-state index is -0.719. The monoisotopic (exact) mass is 292 g/mol. The molecule has 0 fully saturated rings. The van der Waals surface area contributed by atoms with Gasteiger partial charge in [0.25, 0.3) is 0 Å². The smallest absolute Gasteiger partial charge is 0.309 e. The Kier molecular flexibility index (Phi) is 5.43. The predicted octanol–water partition coefficient (Wildman–Crippen LogP) is 4.52. The maximum absolute atomic E-state index is 12.0. The number of carbonyl (C=O) groups excluding carboxylic acids is 1. The van der Waals surface area contributed by atoms with E-state index in [9.17, 15) is 4.79 Å². The standard InChI is InChI=1S/C18H28O3/c1-11(2)17(19)21-18(7,8)16-14(6)9-13(5)10-15(16)20-12(3)4/h9-12H,1-8H3. The molecule has 3 heteroatoms. The van der Waals surface area contributed by atoms with E-state index in [1.807, 2.05) is 61.5 Å². The van der Waals surface area contributed by atoms with E-state index in [1.54, 1.807) is 0 Å². The van der Waals surface area contributed by atoms with Crippen LogP contribution >= 0.6 is 0 Å². The molecule has 1 aromatic rings. The fourth-order valence-corrected chi connectivity index (χ4v) is 2.47. The van der Waals surface area contributed by atoms with Gasteiger partial charge in [0, 0.05) is 5.56 Å². The Morgan fingerprint density at radius 2 is 1.67 bits per heavy atom. The van der Waals surface area contributed by atoms with Gasteiger partial charge in [-0.25, -0.2) is 0 Å². The number of ether oxygens (including phenoxy) is 2. The quantitative estimate of drug-likeness (QED) is 0.748. The van der Waals surface area contributed by atoms with Crippen LogP contribution in [0.1, 0.15) is 58.2 Å². The molecule has 0 aliphatic heterocycles. The molecular weight excluding hydrogens is 264 g/mol. The van der Waals surface area contributed by atoms with E-state index < -0.39 is 5.60 Å². The second-order valence-corrected chi connectivity index (χ2v) is 6.71. The zero-order chi connectivity index (χ0) is 16.4. The van der Waals surface area contributed by atoms with Gasteiger partial charge in [0.2, 0.25) is 0 Å². The van der Waals surface area contributed by atoms with Crippen molar-refractivity contribution in [2.75, 3.05) is 0 Å². The lowest BCUT2D eigenvalue weighted by Gasteiger charge is -2.31. The van der Waals surface area contributed by atoms with Crippen LogP contribution in [-0.2, 0) is 15.1 Å². The van der Waals surface area contributed by atoms with Crippen LogP contribution in [0.2, 0.25) is 0 Å². The van der Waals surface area contributed by atoms with E-state index >= 15 is 0 Å². The van der Waals surface area contributed by atoms with Crippen LogP contribution in [0.4, 0.5) is 0 Å². The summed E-state index contributed by atoms with van der Waals surface area (Å²) in [5.41, 5.74) is 2.43. The summed E-state index contributed by atoms with van der Waals surface area (Å²) in [6, 6.07) is 4.10. The van der Waals surface area contributed by atoms with Gasteiger partial charge in [-0.2, -0.15) is 0 Å². The van der Waals surface area contributed by atoms with Crippen LogP contribution in [-0.4, -0.2) is 12.1 Å². The van der Waals surface area contributed by atoms with Crippen molar-refractivity contribution in [3.05, 3.63) is 28.8 Å². The summed E-state index contributed by atoms with van der Waals surface area (Å²) in [5.74, 6) is 0.448. The third-order valence-corrected chi connectivity index (χ3v) is 3.24. The van der Waals surface area contributed by atoms with E-state index in [4.69, 9.17) is 9.47 Å². The van der Waals surface area contributed by atoms with E-state index in [-0.39, 0.29) is 18.0 Å². The molecule has 0 bridgehead atoms. The minimum Gasteiger partial charge on any atom is -0.491 e. The molecule has 0 amide bonds. The zero-order valence-corrected chi connectivity index (χ0v) is 14.5. The van der Waals surface area contributed by atoms with Gasteiger partial charge >= 0.3 is 5.97 Å². The average molecular weight is 292 g/mol. The summed E-state index contributed by atoms with van der Waals surface area (Å²) in [5, 5.41) is 0. The Balaban J connectivity index is 3.29. The topological polar surface area (TPSA) is 35.5 Å². The average Bonchev–Trinajstić information content (AvgIpc) is 2.24. The van der Waals surface area contributed by atoms with Gasteiger partial charge in [0.05, 0.1) is 12.0 Å². The van der Waals surface area contributed by atoms with Gasteiger partial charge in [-0.1, -0.05) is 19.9 Å².